The van der Waals surface area contributed by atoms with E-state index in [0.717, 1.165) is 16.7 Å². The van der Waals surface area contributed by atoms with Crippen molar-refractivity contribution in [1.29, 1.82) is 5.26 Å². The summed E-state index contributed by atoms with van der Waals surface area (Å²) in [6.07, 6.45) is 4.75. The minimum Gasteiger partial charge on any atom is -0.493 e. The van der Waals surface area contributed by atoms with Gasteiger partial charge >= 0.3 is 0 Å². The second-order valence-electron chi connectivity index (χ2n) is 8.64. The van der Waals surface area contributed by atoms with Crippen LogP contribution in [-0.4, -0.2) is 50.1 Å². The molecule has 1 aromatic carbocycles. The largest absolute Gasteiger partial charge is 0.493 e. The maximum atomic E-state index is 14.6. The van der Waals surface area contributed by atoms with E-state index in [9.17, 15) is 14.8 Å². The number of benzene rings is 1. The van der Waals surface area contributed by atoms with E-state index in [2.05, 4.69) is 26.3 Å². The predicted octanol–water partition coefficient (Wildman–Crippen LogP) is 3.21. The van der Waals surface area contributed by atoms with Crippen LogP contribution in [0.3, 0.4) is 0 Å². The number of aromatic nitrogens is 4. The van der Waals surface area contributed by atoms with Crippen molar-refractivity contribution < 1.29 is 14.2 Å². The standard InChI is InChI=1S/C25H24FN7O2/c1-14-8-21(24(34)32(2)3)28-10-17(14)19-12-30-25(33-13-15(9-27)31-23(19)33)29-11-18-16-6-7-35-22(16)5-4-20(18)26/h4-5,8,10,12-13,24,34H,6-7,11H2,1-3H3,(H,29,30). The van der Waals surface area contributed by atoms with E-state index in [0.29, 0.717) is 47.2 Å². The van der Waals surface area contributed by atoms with E-state index in [1.807, 2.05) is 13.0 Å². The number of aliphatic hydroxyl groups excluding tert-OH is 1. The van der Waals surface area contributed by atoms with Gasteiger partial charge in [-0.2, -0.15) is 5.26 Å². The number of aliphatic hydroxyl groups is 1. The molecule has 0 spiro atoms. The molecule has 0 radical (unpaired) electrons. The van der Waals surface area contributed by atoms with Gasteiger partial charge in [-0.05, 0) is 44.8 Å². The zero-order valence-electron chi connectivity index (χ0n) is 19.6. The first-order chi connectivity index (χ1) is 16.9. The van der Waals surface area contributed by atoms with E-state index in [-0.39, 0.29) is 18.1 Å². The minimum atomic E-state index is -0.825. The number of hydrogen-bond donors (Lipinski definition) is 2. The smallest absolute Gasteiger partial charge is 0.208 e. The molecule has 3 aromatic heterocycles. The molecule has 2 N–H and O–H groups in total. The number of rotatable bonds is 6. The van der Waals surface area contributed by atoms with Crippen LogP contribution in [0.25, 0.3) is 16.8 Å². The highest BCUT2D eigenvalue weighted by atomic mass is 19.1. The third-order valence-electron chi connectivity index (χ3n) is 6.15. The zero-order chi connectivity index (χ0) is 24.7. The van der Waals surface area contributed by atoms with Crippen molar-refractivity contribution in [3.8, 4) is 22.9 Å². The Morgan fingerprint density at radius 2 is 2.09 bits per heavy atom. The van der Waals surface area contributed by atoms with Gasteiger partial charge in [0.15, 0.2) is 11.3 Å². The van der Waals surface area contributed by atoms with Crippen molar-refractivity contribution in [1.82, 2.24) is 24.3 Å². The number of nitrogens with one attached hydrogen (secondary N) is 1. The van der Waals surface area contributed by atoms with Crippen molar-refractivity contribution in [3.63, 3.8) is 0 Å². The summed E-state index contributed by atoms with van der Waals surface area (Å²) < 4.78 is 21.8. The third-order valence-corrected chi connectivity index (χ3v) is 6.15. The quantitative estimate of drug-likeness (QED) is 0.411. The molecule has 0 fully saturated rings. The molecule has 0 bridgehead atoms. The molecule has 1 aliphatic rings. The Morgan fingerprint density at radius 3 is 2.83 bits per heavy atom. The minimum absolute atomic E-state index is 0.206. The van der Waals surface area contributed by atoms with Crippen LogP contribution in [0.5, 0.6) is 5.75 Å². The van der Waals surface area contributed by atoms with Crippen molar-refractivity contribution in [2.45, 2.75) is 26.1 Å². The van der Waals surface area contributed by atoms with Gasteiger partial charge in [0.1, 0.15) is 23.9 Å². The lowest BCUT2D eigenvalue weighted by atomic mass is 10.0. The molecule has 5 rings (SSSR count). The first-order valence-corrected chi connectivity index (χ1v) is 11.1. The fourth-order valence-corrected chi connectivity index (χ4v) is 4.29. The number of halogens is 1. The zero-order valence-corrected chi connectivity index (χ0v) is 19.6. The van der Waals surface area contributed by atoms with Crippen LogP contribution < -0.4 is 10.1 Å². The Bertz CT molecular complexity index is 1480. The average molecular weight is 474 g/mol. The number of ether oxygens (including phenoxy) is 1. The summed E-state index contributed by atoms with van der Waals surface area (Å²) >= 11 is 0. The Labute approximate surface area is 201 Å². The highest BCUT2D eigenvalue weighted by Gasteiger charge is 2.21. The monoisotopic (exact) mass is 473 g/mol. The van der Waals surface area contributed by atoms with Crippen LogP contribution in [0.1, 0.15) is 34.3 Å². The molecule has 1 unspecified atom stereocenters. The summed E-state index contributed by atoms with van der Waals surface area (Å²) in [4.78, 5) is 15.1. The van der Waals surface area contributed by atoms with Crippen molar-refractivity contribution in [3.05, 3.63) is 70.7 Å². The Morgan fingerprint density at radius 1 is 1.29 bits per heavy atom. The molecule has 4 aromatic rings. The fourth-order valence-electron chi connectivity index (χ4n) is 4.29. The van der Waals surface area contributed by atoms with E-state index in [4.69, 9.17) is 4.74 Å². The second kappa shape index (κ2) is 8.94. The van der Waals surface area contributed by atoms with E-state index < -0.39 is 6.23 Å². The summed E-state index contributed by atoms with van der Waals surface area (Å²) in [5.74, 6) is 0.829. The van der Waals surface area contributed by atoms with E-state index in [1.54, 1.807) is 48.1 Å². The predicted molar refractivity (Wildman–Crippen MR) is 127 cm³/mol. The SMILES string of the molecule is Cc1cc(C(O)N(C)C)ncc1-c1cnc(NCc2c(F)ccc3c2CCO3)n2cc(C#N)nc12. The first kappa shape index (κ1) is 22.7. The normalized spacial score (nSPS) is 13.5. The third kappa shape index (κ3) is 4.05. The van der Waals surface area contributed by atoms with Crippen LogP contribution in [0, 0.1) is 24.1 Å². The number of hydrogen-bond acceptors (Lipinski definition) is 8. The molecule has 0 saturated heterocycles. The summed E-state index contributed by atoms with van der Waals surface area (Å²) in [5.41, 5.74) is 5.02. The number of anilines is 1. The number of imidazole rings is 1. The highest BCUT2D eigenvalue weighted by molar-refractivity contribution is 5.80. The highest BCUT2D eigenvalue weighted by Crippen LogP contribution is 2.32. The van der Waals surface area contributed by atoms with Crippen LogP contribution in [0.15, 0.2) is 36.8 Å². The van der Waals surface area contributed by atoms with Gasteiger partial charge < -0.3 is 15.2 Å². The molecular weight excluding hydrogens is 449 g/mol. The van der Waals surface area contributed by atoms with Crippen molar-refractivity contribution in [2.75, 3.05) is 26.0 Å². The lowest BCUT2D eigenvalue weighted by Crippen LogP contribution is -2.20. The Balaban J connectivity index is 1.52. The van der Waals surface area contributed by atoms with E-state index in [1.165, 1.54) is 6.07 Å². The molecule has 0 aliphatic carbocycles. The number of nitriles is 1. The average Bonchev–Trinajstić information content (AvgIpc) is 3.50. The lowest BCUT2D eigenvalue weighted by molar-refractivity contribution is 0.0358. The van der Waals surface area contributed by atoms with Gasteiger partial charge in [0, 0.05) is 47.6 Å². The van der Waals surface area contributed by atoms with Gasteiger partial charge in [-0.15, -0.1) is 0 Å². The van der Waals surface area contributed by atoms with Gasteiger partial charge in [-0.25, -0.2) is 14.4 Å². The van der Waals surface area contributed by atoms with Gasteiger partial charge in [0.05, 0.1) is 18.5 Å². The number of fused-ring (bicyclic) bond motifs is 2. The maximum absolute atomic E-state index is 14.6. The second-order valence-corrected chi connectivity index (χ2v) is 8.64. The number of pyridine rings is 1. The first-order valence-electron chi connectivity index (χ1n) is 11.1. The van der Waals surface area contributed by atoms with Gasteiger partial charge in [-0.1, -0.05) is 0 Å². The summed E-state index contributed by atoms with van der Waals surface area (Å²) in [5, 5.41) is 23.0. The fraction of sp³-hybridized carbons (Fsp3) is 0.280. The van der Waals surface area contributed by atoms with Gasteiger partial charge in [0.2, 0.25) is 5.95 Å². The molecule has 4 heterocycles. The Hall–Kier alpha value is -4.07. The van der Waals surface area contributed by atoms with Crippen LogP contribution in [0.2, 0.25) is 0 Å². The Kier molecular flexibility index (Phi) is 5.80. The van der Waals surface area contributed by atoms with Crippen LogP contribution in [0.4, 0.5) is 10.3 Å². The summed E-state index contributed by atoms with van der Waals surface area (Å²) in [6, 6.07) is 6.95. The number of nitrogens with zero attached hydrogens (tertiary/aromatic N) is 6. The van der Waals surface area contributed by atoms with Crippen LogP contribution in [-0.2, 0) is 13.0 Å². The molecule has 0 amide bonds. The summed E-state index contributed by atoms with van der Waals surface area (Å²) in [7, 11) is 3.54. The molecule has 10 heteroatoms. The number of aryl methyl sites for hydroxylation is 1. The molecule has 9 nitrogen and oxygen atoms in total. The molecule has 35 heavy (non-hydrogen) atoms. The topological polar surface area (TPSA) is 112 Å². The summed E-state index contributed by atoms with van der Waals surface area (Å²) in [6.45, 7) is 2.66. The van der Waals surface area contributed by atoms with Crippen molar-refractivity contribution in [2.24, 2.45) is 0 Å². The lowest BCUT2D eigenvalue weighted by Gasteiger charge is -2.19. The maximum Gasteiger partial charge on any atom is 0.208 e. The molecule has 0 saturated carbocycles. The molecular formula is C25H24FN7O2. The van der Waals surface area contributed by atoms with E-state index >= 15 is 0 Å². The molecule has 1 aliphatic heterocycles. The van der Waals surface area contributed by atoms with Gasteiger partial charge in [-0.3, -0.25) is 14.3 Å². The van der Waals surface area contributed by atoms with Crippen molar-refractivity contribution >= 4 is 11.6 Å². The molecule has 1 atom stereocenters. The van der Waals surface area contributed by atoms with Crippen LogP contribution >= 0.6 is 0 Å². The van der Waals surface area contributed by atoms with Gasteiger partial charge in [0.25, 0.3) is 0 Å². The molecule has 178 valence electrons.